The molecule has 0 aliphatic carbocycles. The number of phenols is 1. The van der Waals surface area contributed by atoms with Gasteiger partial charge < -0.3 is 15.2 Å². The smallest absolute Gasteiger partial charge is 0.134 e. The first-order valence-corrected chi connectivity index (χ1v) is 4.79. The molecule has 0 saturated heterocycles. The van der Waals surface area contributed by atoms with Crippen molar-refractivity contribution in [1.29, 1.82) is 0 Å². The topological polar surface area (TPSA) is 41.5 Å². The van der Waals surface area contributed by atoms with E-state index in [1.165, 1.54) is 0 Å². The number of hydrogen-bond acceptors (Lipinski definition) is 3. The van der Waals surface area contributed by atoms with Crippen LogP contribution in [0.25, 0.3) is 0 Å². The summed E-state index contributed by atoms with van der Waals surface area (Å²) < 4.78 is 4.89. The highest BCUT2D eigenvalue weighted by atomic mass is 35.5. The Hall–Kier alpha value is -0.770. The number of methoxy groups -OCH3 is 1. The lowest BCUT2D eigenvalue weighted by Gasteiger charge is -2.05. The summed E-state index contributed by atoms with van der Waals surface area (Å²) in [6.45, 7) is 2.21. The molecule has 0 spiro atoms. The van der Waals surface area contributed by atoms with Crippen molar-refractivity contribution in [2.75, 3.05) is 20.3 Å². The fourth-order valence-corrected chi connectivity index (χ4v) is 1.27. The standard InChI is InChI=1S/C10H14ClNO2/c1-14-5-4-12-7-8-2-3-10(13)9(11)6-8/h2-3,6,12-13H,4-5,7H2,1H3. The van der Waals surface area contributed by atoms with Gasteiger partial charge in [0.25, 0.3) is 0 Å². The summed E-state index contributed by atoms with van der Waals surface area (Å²) in [5.74, 6) is 0.118. The lowest BCUT2D eigenvalue weighted by atomic mass is 10.2. The molecule has 1 aromatic rings. The second-order valence-corrected chi connectivity index (χ2v) is 3.36. The third-order valence-corrected chi connectivity index (χ3v) is 2.13. The van der Waals surface area contributed by atoms with Crippen molar-refractivity contribution in [2.45, 2.75) is 6.54 Å². The lowest BCUT2D eigenvalue weighted by Crippen LogP contribution is -2.18. The van der Waals surface area contributed by atoms with Crippen LogP contribution < -0.4 is 5.32 Å². The van der Waals surface area contributed by atoms with Crippen LogP contribution in [0.5, 0.6) is 5.75 Å². The van der Waals surface area contributed by atoms with Gasteiger partial charge in [0.2, 0.25) is 0 Å². The van der Waals surface area contributed by atoms with Crippen molar-refractivity contribution in [2.24, 2.45) is 0 Å². The van der Waals surface area contributed by atoms with Crippen LogP contribution in [0.2, 0.25) is 5.02 Å². The zero-order chi connectivity index (χ0) is 10.4. The van der Waals surface area contributed by atoms with Crippen LogP contribution in [-0.2, 0) is 11.3 Å². The summed E-state index contributed by atoms with van der Waals surface area (Å²) >= 11 is 5.75. The van der Waals surface area contributed by atoms with E-state index >= 15 is 0 Å². The Bertz CT molecular complexity index is 291. The molecule has 0 fully saturated rings. The molecule has 0 aliphatic heterocycles. The number of ether oxygens (including phenoxy) is 1. The molecule has 3 nitrogen and oxygen atoms in total. The molecular formula is C10H14ClNO2. The zero-order valence-corrected chi connectivity index (χ0v) is 8.84. The van der Waals surface area contributed by atoms with Gasteiger partial charge in [-0.2, -0.15) is 0 Å². The van der Waals surface area contributed by atoms with Crippen molar-refractivity contribution in [3.05, 3.63) is 28.8 Å². The monoisotopic (exact) mass is 215 g/mol. The first-order chi connectivity index (χ1) is 6.74. The number of hydrogen-bond donors (Lipinski definition) is 2. The van der Waals surface area contributed by atoms with Crippen LogP contribution in [0.1, 0.15) is 5.56 Å². The van der Waals surface area contributed by atoms with Gasteiger partial charge in [-0.1, -0.05) is 17.7 Å². The van der Waals surface area contributed by atoms with Crippen LogP contribution in [-0.4, -0.2) is 25.4 Å². The van der Waals surface area contributed by atoms with Gasteiger partial charge in [0.05, 0.1) is 11.6 Å². The Morgan fingerprint density at radius 2 is 2.29 bits per heavy atom. The molecule has 78 valence electrons. The summed E-state index contributed by atoms with van der Waals surface area (Å²) in [7, 11) is 1.67. The highest BCUT2D eigenvalue weighted by Crippen LogP contribution is 2.23. The molecule has 0 bridgehead atoms. The number of aromatic hydroxyl groups is 1. The fourth-order valence-electron chi connectivity index (χ4n) is 1.07. The fraction of sp³-hybridized carbons (Fsp3) is 0.400. The second kappa shape index (κ2) is 5.86. The molecule has 1 aromatic carbocycles. The molecule has 14 heavy (non-hydrogen) atoms. The van der Waals surface area contributed by atoms with E-state index in [4.69, 9.17) is 16.3 Å². The van der Waals surface area contributed by atoms with E-state index in [9.17, 15) is 5.11 Å². The van der Waals surface area contributed by atoms with Gasteiger partial charge in [0.1, 0.15) is 5.75 Å². The molecule has 0 amide bonds. The van der Waals surface area contributed by atoms with E-state index in [0.29, 0.717) is 11.6 Å². The molecule has 1 rings (SSSR count). The molecule has 0 aliphatic rings. The quantitative estimate of drug-likeness (QED) is 0.736. The van der Waals surface area contributed by atoms with Crippen molar-refractivity contribution in [1.82, 2.24) is 5.32 Å². The van der Waals surface area contributed by atoms with Gasteiger partial charge in [-0.15, -0.1) is 0 Å². The Kier molecular flexibility index (Phi) is 4.73. The number of benzene rings is 1. The molecule has 0 atom stereocenters. The van der Waals surface area contributed by atoms with Gasteiger partial charge in [-0.05, 0) is 17.7 Å². The molecule has 2 N–H and O–H groups in total. The number of nitrogens with one attached hydrogen (secondary N) is 1. The minimum atomic E-state index is 0.118. The van der Waals surface area contributed by atoms with Crippen LogP contribution in [0.4, 0.5) is 0 Å². The van der Waals surface area contributed by atoms with Crippen molar-refractivity contribution in [3.63, 3.8) is 0 Å². The molecule has 0 heterocycles. The maximum atomic E-state index is 9.18. The molecule has 0 saturated carbocycles. The third kappa shape index (κ3) is 3.54. The Morgan fingerprint density at radius 1 is 1.50 bits per heavy atom. The first kappa shape index (κ1) is 11.3. The zero-order valence-electron chi connectivity index (χ0n) is 8.09. The van der Waals surface area contributed by atoms with Crippen molar-refractivity contribution in [3.8, 4) is 5.75 Å². The Labute approximate surface area is 88.7 Å². The lowest BCUT2D eigenvalue weighted by molar-refractivity contribution is 0.199. The summed E-state index contributed by atoms with van der Waals surface area (Å²) in [6, 6.07) is 5.17. The number of rotatable bonds is 5. The van der Waals surface area contributed by atoms with Gasteiger partial charge in [0.15, 0.2) is 0 Å². The Balaban J connectivity index is 2.39. The maximum Gasteiger partial charge on any atom is 0.134 e. The predicted octanol–water partition coefficient (Wildman–Crippen LogP) is 1.78. The Morgan fingerprint density at radius 3 is 2.93 bits per heavy atom. The summed E-state index contributed by atoms with van der Waals surface area (Å²) in [5, 5.41) is 12.8. The molecular weight excluding hydrogens is 202 g/mol. The highest BCUT2D eigenvalue weighted by molar-refractivity contribution is 6.32. The van der Waals surface area contributed by atoms with Crippen LogP contribution in [0.15, 0.2) is 18.2 Å². The van der Waals surface area contributed by atoms with Gasteiger partial charge in [-0.25, -0.2) is 0 Å². The number of halogens is 1. The molecule has 0 radical (unpaired) electrons. The predicted molar refractivity (Wildman–Crippen MR) is 56.7 cm³/mol. The van der Waals surface area contributed by atoms with Crippen LogP contribution in [0.3, 0.4) is 0 Å². The normalized spacial score (nSPS) is 10.4. The summed E-state index contributed by atoms with van der Waals surface area (Å²) in [5.41, 5.74) is 1.05. The summed E-state index contributed by atoms with van der Waals surface area (Å²) in [4.78, 5) is 0. The third-order valence-electron chi connectivity index (χ3n) is 1.82. The minimum Gasteiger partial charge on any atom is -0.506 e. The van der Waals surface area contributed by atoms with E-state index in [2.05, 4.69) is 5.32 Å². The summed E-state index contributed by atoms with van der Waals surface area (Å²) in [6.07, 6.45) is 0. The van der Waals surface area contributed by atoms with E-state index in [1.54, 1.807) is 19.2 Å². The van der Waals surface area contributed by atoms with Crippen molar-refractivity contribution >= 4 is 11.6 Å². The molecule has 0 aromatic heterocycles. The second-order valence-electron chi connectivity index (χ2n) is 2.96. The largest absolute Gasteiger partial charge is 0.506 e. The van der Waals surface area contributed by atoms with Gasteiger partial charge >= 0.3 is 0 Å². The number of phenolic OH excluding ortho intramolecular Hbond substituents is 1. The highest BCUT2D eigenvalue weighted by Gasteiger charge is 1.99. The van der Waals surface area contributed by atoms with E-state index in [-0.39, 0.29) is 5.75 Å². The van der Waals surface area contributed by atoms with Crippen LogP contribution in [0, 0.1) is 0 Å². The van der Waals surface area contributed by atoms with E-state index in [0.717, 1.165) is 18.7 Å². The molecule has 4 heteroatoms. The van der Waals surface area contributed by atoms with Crippen LogP contribution >= 0.6 is 11.6 Å². The SMILES string of the molecule is COCCNCc1ccc(O)c(Cl)c1. The van der Waals surface area contributed by atoms with Crippen molar-refractivity contribution < 1.29 is 9.84 Å². The first-order valence-electron chi connectivity index (χ1n) is 4.41. The van der Waals surface area contributed by atoms with E-state index in [1.807, 2.05) is 6.07 Å². The average Bonchev–Trinajstić information content (AvgIpc) is 2.18. The maximum absolute atomic E-state index is 9.18. The van der Waals surface area contributed by atoms with Gasteiger partial charge in [0, 0.05) is 20.2 Å². The average molecular weight is 216 g/mol. The molecule has 0 unspecified atom stereocenters. The minimum absolute atomic E-state index is 0.118. The van der Waals surface area contributed by atoms with Gasteiger partial charge in [-0.3, -0.25) is 0 Å². The van der Waals surface area contributed by atoms with E-state index < -0.39 is 0 Å².